The molecule has 1 heterocycles. The third-order valence-corrected chi connectivity index (χ3v) is 4.57. The van der Waals surface area contributed by atoms with Crippen molar-refractivity contribution in [1.82, 2.24) is 9.55 Å². The van der Waals surface area contributed by atoms with Gasteiger partial charge in [-0.3, -0.25) is 0 Å². The number of aryl methyl sites for hydroxylation is 1. The van der Waals surface area contributed by atoms with Gasteiger partial charge in [0.15, 0.2) is 0 Å². The Hall–Kier alpha value is -3.78. The van der Waals surface area contributed by atoms with Crippen LogP contribution in [0, 0.1) is 12.3 Å². The van der Waals surface area contributed by atoms with E-state index in [2.05, 4.69) is 45.1 Å². The second kappa shape index (κ2) is 7.85. The van der Waals surface area contributed by atoms with Gasteiger partial charge in [-0.2, -0.15) is 5.10 Å². The summed E-state index contributed by atoms with van der Waals surface area (Å²) in [6, 6.07) is 20.1. The fraction of sp³-hybridized carbons (Fsp3) is 0.130. The van der Waals surface area contributed by atoms with Crippen molar-refractivity contribution in [2.24, 2.45) is 5.10 Å². The fourth-order valence-corrected chi connectivity index (χ4v) is 3.29. The molecule has 5 nitrogen and oxygen atoms in total. The molecule has 0 aliphatic heterocycles. The number of imidazole rings is 1. The second-order valence-electron chi connectivity index (χ2n) is 6.23. The summed E-state index contributed by atoms with van der Waals surface area (Å²) in [4.78, 5) is 4.63. The molecule has 0 bridgehead atoms. The van der Waals surface area contributed by atoms with Gasteiger partial charge in [-0.1, -0.05) is 48.4 Å². The number of nitrogens with one attached hydrogen (secondary N) is 1. The number of hydrazone groups is 1. The van der Waals surface area contributed by atoms with Gasteiger partial charge in [0, 0.05) is 12.1 Å². The van der Waals surface area contributed by atoms with Crippen LogP contribution in [0.5, 0.6) is 5.75 Å². The molecule has 0 spiro atoms. The van der Waals surface area contributed by atoms with Crippen LogP contribution in [-0.4, -0.2) is 22.4 Å². The van der Waals surface area contributed by atoms with E-state index in [-0.39, 0.29) is 6.61 Å². The molecular weight excluding hydrogens is 348 g/mol. The van der Waals surface area contributed by atoms with Crippen molar-refractivity contribution in [1.29, 1.82) is 0 Å². The van der Waals surface area contributed by atoms with E-state index in [1.54, 1.807) is 6.21 Å². The molecule has 0 fully saturated rings. The highest BCUT2D eigenvalue weighted by Gasteiger charge is 2.09. The maximum atomic E-state index is 5.71. The maximum Gasteiger partial charge on any atom is 0.224 e. The molecule has 1 aromatic heterocycles. The normalized spacial score (nSPS) is 11.1. The van der Waals surface area contributed by atoms with E-state index in [4.69, 9.17) is 11.2 Å². The Morgan fingerprint density at radius 1 is 1.14 bits per heavy atom. The molecule has 4 rings (SSSR count). The van der Waals surface area contributed by atoms with Crippen LogP contribution in [0.25, 0.3) is 21.8 Å². The van der Waals surface area contributed by atoms with E-state index in [0.717, 1.165) is 33.9 Å². The lowest BCUT2D eigenvalue weighted by Crippen LogP contribution is -2.03. The Bertz CT molecular complexity index is 1200. The van der Waals surface area contributed by atoms with E-state index < -0.39 is 0 Å². The summed E-state index contributed by atoms with van der Waals surface area (Å²) in [6.07, 6.45) is 7.11. The first-order valence-corrected chi connectivity index (χ1v) is 9.14. The van der Waals surface area contributed by atoms with Crippen molar-refractivity contribution in [3.8, 4) is 18.1 Å². The molecule has 3 aromatic carbocycles. The molecule has 0 aliphatic rings. The number of benzene rings is 3. The van der Waals surface area contributed by atoms with Crippen molar-refractivity contribution in [2.45, 2.75) is 13.5 Å². The summed E-state index contributed by atoms with van der Waals surface area (Å²) in [5.74, 6) is 3.91. The van der Waals surface area contributed by atoms with Gasteiger partial charge in [0.2, 0.25) is 5.95 Å². The van der Waals surface area contributed by atoms with Gasteiger partial charge in [0.1, 0.15) is 12.4 Å². The number of aromatic nitrogens is 2. The minimum Gasteiger partial charge on any atom is -0.480 e. The molecule has 0 saturated carbocycles. The number of anilines is 1. The number of hydrogen-bond acceptors (Lipinski definition) is 4. The van der Waals surface area contributed by atoms with Gasteiger partial charge in [-0.15, -0.1) is 6.42 Å². The predicted molar refractivity (Wildman–Crippen MR) is 115 cm³/mol. The van der Waals surface area contributed by atoms with Gasteiger partial charge >= 0.3 is 0 Å². The zero-order valence-electron chi connectivity index (χ0n) is 15.6. The average Bonchev–Trinajstić information content (AvgIpc) is 3.10. The van der Waals surface area contributed by atoms with Gasteiger partial charge in [0.25, 0.3) is 0 Å². The zero-order chi connectivity index (χ0) is 19.3. The largest absolute Gasteiger partial charge is 0.480 e. The van der Waals surface area contributed by atoms with Crippen LogP contribution in [0.4, 0.5) is 5.95 Å². The van der Waals surface area contributed by atoms with Gasteiger partial charge < -0.3 is 9.30 Å². The lowest BCUT2D eigenvalue weighted by molar-refractivity contribution is 0.370. The molecule has 0 atom stereocenters. The highest BCUT2D eigenvalue weighted by Crippen LogP contribution is 2.27. The average molecular weight is 368 g/mol. The highest BCUT2D eigenvalue weighted by atomic mass is 16.5. The van der Waals surface area contributed by atoms with Gasteiger partial charge in [-0.05, 0) is 35.9 Å². The van der Waals surface area contributed by atoms with Crippen LogP contribution in [0.1, 0.15) is 12.5 Å². The number of hydrogen-bond donors (Lipinski definition) is 1. The second-order valence-corrected chi connectivity index (χ2v) is 6.23. The van der Waals surface area contributed by atoms with Crippen LogP contribution in [0.2, 0.25) is 0 Å². The summed E-state index contributed by atoms with van der Waals surface area (Å²) in [6.45, 7) is 3.08. The van der Waals surface area contributed by atoms with Crippen molar-refractivity contribution in [2.75, 3.05) is 12.0 Å². The summed E-state index contributed by atoms with van der Waals surface area (Å²) in [7, 11) is 0. The van der Waals surface area contributed by atoms with Gasteiger partial charge in [-0.25, -0.2) is 10.4 Å². The molecule has 0 aliphatic carbocycles. The first-order valence-electron chi connectivity index (χ1n) is 9.14. The van der Waals surface area contributed by atoms with Gasteiger partial charge in [0.05, 0.1) is 17.2 Å². The SMILES string of the molecule is C#CCOc1ccc2ccccc2c1/C=N\Nc1nc2ccccc2n1CC. The molecule has 0 saturated heterocycles. The molecule has 1 N–H and O–H groups in total. The number of fused-ring (bicyclic) bond motifs is 2. The number of ether oxygens (including phenoxy) is 1. The highest BCUT2D eigenvalue weighted by molar-refractivity contribution is 6.02. The minimum absolute atomic E-state index is 0.207. The Kier molecular flexibility index (Phi) is 4.94. The minimum atomic E-state index is 0.207. The van der Waals surface area contributed by atoms with E-state index >= 15 is 0 Å². The van der Waals surface area contributed by atoms with E-state index in [0.29, 0.717) is 11.7 Å². The summed E-state index contributed by atoms with van der Waals surface area (Å²) in [5.41, 5.74) is 5.96. The quantitative estimate of drug-likeness (QED) is 0.306. The lowest BCUT2D eigenvalue weighted by atomic mass is 10.0. The van der Waals surface area contributed by atoms with Crippen molar-refractivity contribution >= 4 is 34.0 Å². The van der Waals surface area contributed by atoms with Crippen molar-refractivity contribution in [3.05, 3.63) is 66.2 Å². The monoisotopic (exact) mass is 368 g/mol. The molecular formula is C23H20N4O. The van der Waals surface area contributed by atoms with Crippen molar-refractivity contribution in [3.63, 3.8) is 0 Å². The maximum absolute atomic E-state index is 5.71. The summed E-state index contributed by atoms with van der Waals surface area (Å²) in [5, 5.41) is 6.60. The van der Waals surface area contributed by atoms with Crippen LogP contribution < -0.4 is 10.2 Å². The van der Waals surface area contributed by atoms with E-state index in [1.165, 1.54) is 0 Å². The topological polar surface area (TPSA) is 51.4 Å². The van der Waals surface area contributed by atoms with Crippen LogP contribution in [0.3, 0.4) is 0 Å². The van der Waals surface area contributed by atoms with E-state index in [1.807, 2.05) is 48.5 Å². The number of terminal acetylenes is 1. The fourth-order valence-electron chi connectivity index (χ4n) is 3.29. The third kappa shape index (κ3) is 3.28. The number of para-hydroxylation sites is 2. The first-order chi connectivity index (χ1) is 13.8. The van der Waals surface area contributed by atoms with E-state index in [9.17, 15) is 0 Å². The van der Waals surface area contributed by atoms with Crippen LogP contribution >= 0.6 is 0 Å². The molecule has 0 radical (unpaired) electrons. The Morgan fingerprint density at radius 2 is 1.96 bits per heavy atom. The standard InChI is InChI=1S/C23H20N4O/c1-3-15-28-22-14-13-17-9-5-6-10-18(17)19(22)16-24-26-23-25-20-11-7-8-12-21(20)27(23)4-2/h1,5-14,16H,4,15H2,2H3,(H,25,26)/b24-16-. The predicted octanol–water partition coefficient (Wildman–Crippen LogP) is 4.67. The Labute approximate surface area is 163 Å². The molecule has 138 valence electrons. The summed E-state index contributed by atoms with van der Waals surface area (Å²) >= 11 is 0. The first kappa shape index (κ1) is 17.6. The molecule has 0 amide bonds. The number of rotatable bonds is 6. The molecule has 28 heavy (non-hydrogen) atoms. The third-order valence-electron chi connectivity index (χ3n) is 4.57. The van der Waals surface area contributed by atoms with Crippen LogP contribution in [0.15, 0.2) is 65.8 Å². The summed E-state index contributed by atoms with van der Waals surface area (Å²) < 4.78 is 7.80. The lowest BCUT2D eigenvalue weighted by Gasteiger charge is -2.10. The Morgan fingerprint density at radius 3 is 2.82 bits per heavy atom. The van der Waals surface area contributed by atoms with Crippen molar-refractivity contribution < 1.29 is 4.74 Å². The zero-order valence-corrected chi connectivity index (χ0v) is 15.6. The molecule has 4 aromatic rings. The smallest absolute Gasteiger partial charge is 0.224 e. The Balaban J connectivity index is 1.70. The molecule has 5 heteroatoms. The van der Waals surface area contributed by atoms with Crippen LogP contribution in [-0.2, 0) is 6.54 Å². The molecule has 0 unspecified atom stereocenters. The number of nitrogens with zero attached hydrogens (tertiary/aromatic N) is 3.